The lowest BCUT2D eigenvalue weighted by atomic mass is 9.77. The van der Waals surface area contributed by atoms with Gasteiger partial charge in [-0.2, -0.15) is 4.58 Å². The van der Waals surface area contributed by atoms with Gasteiger partial charge in [-0.15, -0.1) is 0 Å². The fraction of sp³-hybridized carbons (Fsp3) is 0.400. The van der Waals surface area contributed by atoms with E-state index in [9.17, 15) is 19.8 Å². The van der Waals surface area contributed by atoms with Crippen LogP contribution < -0.4 is 4.90 Å². The van der Waals surface area contributed by atoms with E-state index in [1.165, 1.54) is 5.56 Å². The Kier molecular flexibility index (Phi) is 7.31. The summed E-state index contributed by atoms with van der Waals surface area (Å²) in [4.78, 5) is 27.5. The molecule has 0 radical (unpaired) electrons. The maximum atomic E-state index is 13.6. The molecule has 41 heavy (non-hydrogen) atoms. The number of hydrogen-bond donors (Lipinski definition) is 2. The number of anilines is 1. The smallest absolute Gasteiger partial charge is 0.335 e. The molecule has 0 unspecified atom stereocenters. The van der Waals surface area contributed by atoms with Crippen molar-refractivity contribution in [1.29, 1.82) is 0 Å². The maximum Gasteiger partial charge on any atom is 0.335 e. The van der Waals surface area contributed by atoms with Crippen molar-refractivity contribution in [2.45, 2.75) is 78.1 Å². The van der Waals surface area contributed by atoms with E-state index in [4.69, 9.17) is 0 Å². The molecular formula is C35H41N2O4+. The van der Waals surface area contributed by atoms with E-state index >= 15 is 0 Å². The minimum Gasteiger partial charge on any atom is -0.506 e. The lowest BCUT2D eigenvalue weighted by Gasteiger charge is -2.29. The van der Waals surface area contributed by atoms with Gasteiger partial charge in [0.15, 0.2) is 5.71 Å². The Balaban J connectivity index is 1.58. The lowest BCUT2D eigenvalue weighted by Crippen LogP contribution is -2.32. The summed E-state index contributed by atoms with van der Waals surface area (Å²) in [7, 11) is 0. The van der Waals surface area contributed by atoms with Crippen LogP contribution in [0.5, 0.6) is 0 Å². The van der Waals surface area contributed by atoms with Crippen molar-refractivity contribution in [3.8, 4) is 0 Å². The molecule has 3 aliphatic rings. The van der Waals surface area contributed by atoms with Gasteiger partial charge in [-0.05, 0) is 50.1 Å². The van der Waals surface area contributed by atoms with Gasteiger partial charge in [0.25, 0.3) is 0 Å². The average molecular weight is 554 g/mol. The third-order valence-electron chi connectivity index (χ3n) is 8.97. The Bertz CT molecular complexity index is 1570. The first-order valence-corrected chi connectivity index (χ1v) is 14.8. The number of carboxylic acid groups (broad SMARTS) is 1. The Morgan fingerprint density at radius 1 is 0.951 bits per heavy atom. The van der Waals surface area contributed by atoms with Gasteiger partial charge in [-0.3, -0.25) is 4.79 Å². The lowest BCUT2D eigenvalue weighted by molar-refractivity contribution is -0.438. The summed E-state index contributed by atoms with van der Waals surface area (Å²) in [6.07, 6.45) is 7.73. The predicted octanol–water partition coefficient (Wildman–Crippen LogP) is 7.36. The molecule has 0 saturated carbocycles. The molecule has 1 aliphatic carbocycles. The quantitative estimate of drug-likeness (QED) is 0.250. The van der Waals surface area contributed by atoms with Crippen LogP contribution in [-0.2, 0) is 15.6 Å². The van der Waals surface area contributed by atoms with Gasteiger partial charge in [-0.25, -0.2) is 4.79 Å². The highest BCUT2D eigenvalue weighted by Crippen LogP contribution is 2.49. The van der Waals surface area contributed by atoms with E-state index < -0.39 is 11.4 Å². The molecule has 0 saturated heterocycles. The zero-order valence-corrected chi connectivity index (χ0v) is 25.0. The van der Waals surface area contributed by atoms with Crippen LogP contribution in [0.4, 0.5) is 11.4 Å². The molecule has 0 aromatic heterocycles. The van der Waals surface area contributed by atoms with E-state index in [0.717, 1.165) is 67.1 Å². The molecule has 0 fully saturated rings. The van der Waals surface area contributed by atoms with Crippen molar-refractivity contribution >= 4 is 28.8 Å². The van der Waals surface area contributed by atoms with Crippen LogP contribution in [0.15, 0.2) is 77.2 Å². The predicted molar refractivity (Wildman–Crippen MR) is 164 cm³/mol. The second-order valence-electron chi connectivity index (χ2n) is 12.4. The highest BCUT2D eigenvalue weighted by molar-refractivity contribution is 6.24. The van der Waals surface area contributed by atoms with E-state index in [0.29, 0.717) is 11.1 Å². The number of carbonyl (C=O) groups is 2. The van der Waals surface area contributed by atoms with Gasteiger partial charge in [-0.1, -0.05) is 58.7 Å². The van der Waals surface area contributed by atoms with Crippen molar-refractivity contribution < 1.29 is 24.4 Å². The third-order valence-corrected chi connectivity index (χ3v) is 8.97. The highest BCUT2D eigenvalue weighted by atomic mass is 16.4. The number of unbranched alkanes of at least 4 members (excludes halogenated alkanes) is 2. The number of rotatable bonds is 9. The molecule has 0 atom stereocenters. The number of aromatic carboxylic acids is 1. The highest BCUT2D eigenvalue weighted by Gasteiger charge is 2.47. The van der Waals surface area contributed by atoms with Gasteiger partial charge in [0.2, 0.25) is 11.5 Å². The van der Waals surface area contributed by atoms with Crippen molar-refractivity contribution in [1.82, 2.24) is 0 Å². The summed E-state index contributed by atoms with van der Waals surface area (Å²) >= 11 is 0. The number of carbonyl (C=O) groups excluding carboxylic acids is 1. The average Bonchev–Trinajstić information content (AvgIpc) is 3.29. The standard InChI is InChI=1S/C35H40N2O4/c1-7-9-17-36-27-14-12-11-13-25(27)34(3,4)29(36)20-23-31(38)24(32(23)39)21-30-35(5,6)26-19-22(33(40)41)15-16-28(26)37(30)18-10-8-2/h11-16,19-21H,7-10,17-18H2,1-6H3,(H-,38,39,40,41)/p+1. The molecule has 6 nitrogen and oxygen atoms in total. The number of Topliss-reactive ketones (excluding diaryl/α,β-unsaturated/α-hetero) is 1. The summed E-state index contributed by atoms with van der Waals surface area (Å²) in [5, 5.41) is 20.9. The number of aliphatic hydroxyl groups is 1. The first-order valence-electron chi connectivity index (χ1n) is 14.8. The van der Waals surface area contributed by atoms with Crippen molar-refractivity contribution in [2.75, 3.05) is 18.0 Å². The molecule has 0 spiro atoms. The number of hydrogen-bond acceptors (Lipinski definition) is 4. The summed E-state index contributed by atoms with van der Waals surface area (Å²) in [5.41, 5.74) is 6.21. The number of fused-ring (bicyclic) bond motifs is 2. The molecule has 2 heterocycles. The fourth-order valence-corrected chi connectivity index (χ4v) is 6.47. The zero-order chi connectivity index (χ0) is 29.7. The van der Waals surface area contributed by atoms with Crippen molar-refractivity contribution in [3.05, 3.63) is 93.9 Å². The second kappa shape index (κ2) is 10.5. The van der Waals surface area contributed by atoms with Crippen LogP contribution in [0, 0.1) is 0 Å². The van der Waals surface area contributed by atoms with Crippen molar-refractivity contribution in [3.63, 3.8) is 0 Å². The largest absolute Gasteiger partial charge is 0.506 e. The SMILES string of the molecule is CCCCN1/C(=C/C2=C(O)C(=C/C3=[N+](CCCC)c4ccccc4C3(C)C)/C2=O)C(C)(C)c2cc(C(=O)O)ccc21. The van der Waals surface area contributed by atoms with E-state index in [-0.39, 0.29) is 22.5 Å². The minimum atomic E-state index is -0.965. The van der Waals surface area contributed by atoms with Gasteiger partial charge >= 0.3 is 5.97 Å². The van der Waals surface area contributed by atoms with E-state index in [1.54, 1.807) is 12.1 Å². The molecule has 5 rings (SSSR count). The third kappa shape index (κ3) is 4.54. The Hall–Kier alpha value is -3.93. The van der Waals surface area contributed by atoms with Gasteiger partial charge in [0.1, 0.15) is 12.3 Å². The second-order valence-corrected chi connectivity index (χ2v) is 12.4. The number of carboxylic acids is 1. The van der Waals surface area contributed by atoms with Crippen LogP contribution in [-0.4, -0.2) is 45.3 Å². The Morgan fingerprint density at radius 2 is 1.66 bits per heavy atom. The molecule has 2 N–H and O–H groups in total. The molecule has 6 heteroatoms. The Labute approximate surface area is 243 Å². The molecule has 2 aromatic rings. The molecule has 0 amide bonds. The number of aliphatic hydroxyl groups excluding tert-OH is 1. The number of allylic oxidation sites excluding steroid dienone is 5. The summed E-state index contributed by atoms with van der Waals surface area (Å²) in [6.45, 7) is 14.3. The van der Waals surface area contributed by atoms with Gasteiger partial charge < -0.3 is 15.1 Å². The topological polar surface area (TPSA) is 80.8 Å². The summed E-state index contributed by atoms with van der Waals surface area (Å²) in [5.74, 6) is -1.11. The summed E-state index contributed by atoms with van der Waals surface area (Å²) < 4.78 is 2.30. The maximum absolute atomic E-state index is 13.6. The summed E-state index contributed by atoms with van der Waals surface area (Å²) in [6, 6.07) is 13.6. The minimum absolute atomic E-state index is 0.0191. The molecule has 2 aliphatic heterocycles. The van der Waals surface area contributed by atoms with Crippen LogP contribution >= 0.6 is 0 Å². The van der Waals surface area contributed by atoms with E-state index in [2.05, 4.69) is 55.4 Å². The van der Waals surface area contributed by atoms with Gasteiger partial charge in [0, 0.05) is 47.5 Å². The molecule has 2 aromatic carbocycles. The van der Waals surface area contributed by atoms with Crippen LogP contribution in [0.1, 0.15) is 88.7 Å². The first kappa shape index (κ1) is 28.6. The first-order chi connectivity index (χ1) is 19.4. The normalized spacial score (nSPS) is 20.6. The molecule has 214 valence electrons. The Morgan fingerprint density at radius 3 is 2.32 bits per heavy atom. The monoisotopic (exact) mass is 553 g/mol. The van der Waals surface area contributed by atoms with Gasteiger partial charge in [0.05, 0.1) is 22.1 Å². The number of benzene rings is 2. The molecule has 0 bridgehead atoms. The van der Waals surface area contributed by atoms with Crippen LogP contribution in [0.2, 0.25) is 0 Å². The number of ketones is 1. The van der Waals surface area contributed by atoms with Crippen molar-refractivity contribution in [2.24, 2.45) is 0 Å². The fourth-order valence-electron chi connectivity index (χ4n) is 6.47. The van der Waals surface area contributed by atoms with Crippen LogP contribution in [0.3, 0.4) is 0 Å². The van der Waals surface area contributed by atoms with Crippen LogP contribution in [0.25, 0.3) is 0 Å². The zero-order valence-electron chi connectivity index (χ0n) is 25.0. The number of para-hydroxylation sites is 1. The molecular weight excluding hydrogens is 512 g/mol. The van der Waals surface area contributed by atoms with E-state index in [1.807, 2.05) is 38.1 Å². The number of nitrogens with zero attached hydrogens (tertiary/aromatic N) is 2.